The van der Waals surface area contributed by atoms with Gasteiger partial charge in [-0.05, 0) is 41.3 Å². The molecular formula is C21H20N2OS. The van der Waals surface area contributed by atoms with Crippen molar-refractivity contribution in [2.75, 3.05) is 13.6 Å². The monoisotopic (exact) mass is 348 g/mol. The van der Waals surface area contributed by atoms with Crippen LogP contribution in [0.5, 0.6) is 0 Å². The second-order valence-electron chi connectivity index (χ2n) is 6.22. The lowest BCUT2D eigenvalue weighted by molar-refractivity contribution is 0.293. The van der Waals surface area contributed by atoms with Gasteiger partial charge in [-0.25, -0.2) is 4.98 Å². The summed E-state index contributed by atoms with van der Waals surface area (Å²) in [6.07, 6.45) is 2.83. The molecule has 3 nitrogen and oxygen atoms in total. The summed E-state index contributed by atoms with van der Waals surface area (Å²) < 4.78 is 5.88. The fourth-order valence-corrected chi connectivity index (χ4v) is 3.72. The highest BCUT2D eigenvalue weighted by Gasteiger charge is 2.10. The molecule has 4 aromatic rings. The van der Waals surface area contributed by atoms with Crippen LogP contribution in [0, 0.1) is 0 Å². The van der Waals surface area contributed by atoms with E-state index in [1.54, 1.807) is 11.3 Å². The maximum Gasteiger partial charge on any atom is 0.209 e. The number of fused-ring (bicyclic) bond motifs is 1. The van der Waals surface area contributed by atoms with Crippen LogP contribution in [-0.4, -0.2) is 23.5 Å². The van der Waals surface area contributed by atoms with Gasteiger partial charge in [0.2, 0.25) is 5.89 Å². The molecule has 0 N–H and O–H groups in total. The molecule has 0 aliphatic heterocycles. The predicted octanol–water partition coefficient (Wildman–Crippen LogP) is 5.23. The molecule has 4 heteroatoms. The van der Waals surface area contributed by atoms with Crippen LogP contribution >= 0.6 is 11.3 Å². The third kappa shape index (κ3) is 3.65. The molecule has 0 amide bonds. The van der Waals surface area contributed by atoms with Crippen LogP contribution in [0.3, 0.4) is 0 Å². The number of hydrogen-bond donors (Lipinski definition) is 0. The fourth-order valence-electron chi connectivity index (χ4n) is 3.05. The summed E-state index contributed by atoms with van der Waals surface area (Å²) in [6.45, 7) is 1.68. The number of benzene rings is 2. The van der Waals surface area contributed by atoms with E-state index in [9.17, 15) is 0 Å². The van der Waals surface area contributed by atoms with Gasteiger partial charge in [-0.3, -0.25) is 4.90 Å². The Morgan fingerprint density at radius 2 is 1.92 bits per heavy atom. The quantitative estimate of drug-likeness (QED) is 0.478. The zero-order valence-electron chi connectivity index (χ0n) is 14.2. The van der Waals surface area contributed by atoms with E-state index >= 15 is 0 Å². The summed E-state index contributed by atoms with van der Waals surface area (Å²) >= 11 is 1.67. The minimum atomic E-state index is 0.718. The standard InChI is InChI=1S/C21H20N2OS/c1-23(15-21-22-14-19(24-21)20-10-5-13-25-20)12-11-17-8-4-7-16-6-2-3-9-18(16)17/h2-10,13-14H,11-12,15H2,1H3. The zero-order chi connectivity index (χ0) is 17.1. The minimum Gasteiger partial charge on any atom is -0.438 e. The molecule has 2 heterocycles. The average Bonchev–Trinajstić information content (AvgIpc) is 3.31. The van der Waals surface area contributed by atoms with E-state index in [4.69, 9.17) is 4.42 Å². The Hall–Kier alpha value is -2.43. The van der Waals surface area contributed by atoms with Crippen LogP contribution in [0.15, 0.2) is 70.6 Å². The normalized spacial score (nSPS) is 11.4. The van der Waals surface area contributed by atoms with Gasteiger partial charge in [-0.2, -0.15) is 0 Å². The fraction of sp³-hybridized carbons (Fsp3) is 0.190. The number of aromatic nitrogens is 1. The highest BCUT2D eigenvalue weighted by molar-refractivity contribution is 7.13. The summed E-state index contributed by atoms with van der Waals surface area (Å²) in [5.41, 5.74) is 1.39. The third-order valence-electron chi connectivity index (χ3n) is 4.37. The van der Waals surface area contributed by atoms with Crippen LogP contribution in [0.25, 0.3) is 21.4 Å². The number of likely N-dealkylation sites (N-methyl/N-ethyl adjacent to an activating group) is 1. The highest BCUT2D eigenvalue weighted by atomic mass is 32.1. The Morgan fingerprint density at radius 1 is 1.04 bits per heavy atom. The molecule has 0 spiro atoms. The molecule has 4 rings (SSSR count). The molecule has 126 valence electrons. The van der Waals surface area contributed by atoms with E-state index in [1.807, 2.05) is 17.6 Å². The van der Waals surface area contributed by atoms with E-state index in [2.05, 4.69) is 65.5 Å². The van der Waals surface area contributed by atoms with Crippen LogP contribution in [0.1, 0.15) is 11.5 Å². The molecule has 25 heavy (non-hydrogen) atoms. The van der Waals surface area contributed by atoms with Crippen LogP contribution < -0.4 is 0 Å². The van der Waals surface area contributed by atoms with Gasteiger partial charge in [-0.15, -0.1) is 11.3 Å². The van der Waals surface area contributed by atoms with Crippen LogP contribution in [0.4, 0.5) is 0 Å². The summed E-state index contributed by atoms with van der Waals surface area (Å²) in [5, 5.41) is 4.69. The van der Waals surface area contributed by atoms with E-state index in [-0.39, 0.29) is 0 Å². The van der Waals surface area contributed by atoms with Gasteiger partial charge in [-0.1, -0.05) is 48.5 Å². The maximum atomic E-state index is 5.88. The first kappa shape index (κ1) is 16.1. The molecule has 0 aliphatic carbocycles. The molecule has 2 aromatic heterocycles. The molecule has 0 saturated heterocycles. The van der Waals surface area contributed by atoms with Crippen molar-refractivity contribution >= 4 is 22.1 Å². The average molecular weight is 348 g/mol. The summed E-state index contributed by atoms with van der Waals surface area (Å²) in [4.78, 5) is 7.79. The molecule has 0 bridgehead atoms. The van der Waals surface area contributed by atoms with E-state index in [1.165, 1.54) is 16.3 Å². The molecule has 2 aromatic carbocycles. The van der Waals surface area contributed by atoms with Crippen molar-refractivity contribution in [3.05, 3.63) is 77.6 Å². The number of oxazole rings is 1. The smallest absolute Gasteiger partial charge is 0.209 e. The predicted molar refractivity (Wildman–Crippen MR) is 104 cm³/mol. The maximum absolute atomic E-state index is 5.88. The molecule has 0 fully saturated rings. The third-order valence-corrected chi connectivity index (χ3v) is 5.25. The molecular weight excluding hydrogens is 328 g/mol. The topological polar surface area (TPSA) is 29.3 Å². The Kier molecular flexibility index (Phi) is 4.63. The van der Waals surface area contributed by atoms with E-state index < -0.39 is 0 Å². The van der Waals surface area contributed by atoms with Crippen molar-refractivity contribution in [1.29, 1.82) is 0 Å². The van der Waals surface area contributed by atoms with Crippen molar-refractivity contribution < 1.29 is 4.42 Å². The molecule has 0 atom stereocenters. The van der Waals surface area contributed by atoms with Crippen LogP contribution in [-0.2, 0) is 13.0 Å². The first-order chi connectivity index (χ1) is 12.3. The van der Waals surface area contributed by atoms with Gasteiger partial charge in [0.1, 0.15) is 0 Å². The molecule has 0 saturated carbocycles. The van der Waals surface area contributed by atoms with Gasteiger partial charge in [0, 0.05) is 6.54 Å². The van der Waals surface area contributed by atoms with Gasteiger partial charge in [0.15, 0.2) is 5.76 Å². The number of nitrogens with zero attached hydrogens (tertiary/aromatic N) is 2. The van der Waals surface area contributed by atoms with Gasteiger partial charge < -0.3 is 4.42 Å². The van der Waals surface area contributed by atoms with E-state index in [0.29, 0.717) is 0 Å². The van der Waals surface area contributed by atoms with Crippen molar-refractivity contribution in [3.8, 4) is 10.6 Å². The van der Waals surface area contributed by atoms with Crippen molar-refractivity contribution in [1.82, 2.24) is 9.88 Å². The van der Waals surface area contributed by atoms with Crippen molar-refractivity contribution in [2.45, 2.75) is 13.0 Å². The summed E-state index contributed by atoms with van der Waals surface area (Å²) in [7, 11) is 2.11. The summed E-state index contributed by atoms with van der Waals surface area (Å²) in [6, 6.07) is 19.2. The Bertz CT molecular complexity index is 954. The lowest BCUT2D eigenvalue weighted by Gasteiger charge is -2.15. The number of hydrogen-bond acceptors (Lipinski definition) is 4. The first-order valence-corrected chi connectivity index (χ1v) is 9.31. The van der Waals surface area contributed by atoms with Gasteiger partial charge in [0.05, 0.1) is 17.6 Å². The molecule has 0 aliphatic rings. The van der Waals surface area contributed by atoms with Crippen molar-refractivity contribution in [3.63, 3.8) is 0 Å². The summed E-state index contributed by atoms with van der Waals surface area (Å²) in [5.74, 6) is 1.62. The Labute approximate surface area is 151 Å². The lowest BCUT2D eigenvalue weighted by Crippen LogP contribution is -2.21. The van der Waals surface area contributed by atoms with Crippen molar-refractivity contribution in [2.24, 2.45) is 0 Å². The Morgan fingerprint density at radius 3 is 2.80 bits per heavy atom. The highest BCUT2D eigenvalue weighted by Crippen LogP contribution is 2.25. The van der Waals surface area contributed by atoms with Gasteiger partial charge in [0.25, 0.3) is 0 Å². The molecule has 0 unspecified atom stereocenters. The number of rotatable bonds is 6. The minimum absolute atomic E-state index is 0.718. The second-order valence-corrected chi connectivity index (χ2v) is 7.17. The zero-order valence-corrected chi connectivity index (χ0v) is 15.0. The first-order valence-electron chi connectivity index (χ1n) is 8.43. The lowest BCUT2D eigenvalue weighted by atomic mass is 10.0. The SMILES string of the molecule is CN(CCc1cccc2ccccc12)Cc1ncc(-c2cccs2)o1. The Balaban J connectivity index is 1.40. The second kappa shape index (κ2) is 7.21. The number of thiophene rings is 1. The largest absolute Gasteiger partial charge is 0.438 e. The van der Waals surface area contributed by atoms with Gasteiger partial charge >= 0.3 is 0 Å². The van der Waals surface area contributed by atoms with E-state index in [0.717, 1.165) is 36.0 Å². The van der Waals surface area contributed by atoms with Crippen LogP contribution in [0.2, 0.25) is 0 Å². The molecule has 0 radical (unpaired) electrons.